The van der Waals surface area contributed by atoms with Crippen molar-refractivity contribution in [3.63, 3.8) is 0 Å². The number of carboxylic acids is 1. The van der Waals surface area contributed by atoms with Crippen LogP contribution in [0.1, 0.15) is 90.4 Å². The van der Waals surface area contributed by atoms with E-state index in [0.717, 1.165) is 55.8 Å². The molecule has 128 valence electrons. The van der Waals surface area contributed by atoms with E-state index in [1.807, 2.05) is 6.08 Å². The first-order valence-corrected chi connectivity index (χ1v) is 9.47. The van der Waals surface area contributed by atoms with E-state index in [2.05, 4.69) is 22.9 Å². The maximum Gasteiger partial charge on any atom is 0.303 e. The zero-order valence-electron chi connectivity index (χ0n) is 13.9. The molecule has 0 saturated carbocycles. The molecule has 0 amide bonds. The minimum absolute atomic E-state index is 0.220. The monoisotopic (exact) mass is 374 g/mol. The van der Waals surface area contributed by atoms with Crippen LogP contribution in [0.3, 0.4) is 0 Å². The molecular formula is C18H31BrO3. The van der Waals surface area contributed by atoms with E-state index in [1.54, 1.807) is 0 Å². The first-order chi connectivity index (χ1) is 10.6. The summed E-state index contributed by atoms with van der Waals surface area (Å²) in [4.78, 5) is 22.2. The number of aliphatic carboxylic acids is 1. The molecule has 0 spiro atoms. The molecule has 0 aliphatic carbocycles. The highest BCUT2D eigenvalue weighted by molar-refractivity contribution is 9.12. The fourth-order valence-corrected chi connectivity index (χ4v) is 2.73. The average Bonchev–Trinajstić information content (AvgIpc) is 2.48. The number of hydrogen-bond donors (Lipinski definition) is 1. The molecule has 0 rings (SSSR count). The van der Waals surface area contributed by atoms with Crippen LogP contribution in [0.15, 0.2) is 10.6 Å². The molecule has 0 atom stereocenters. The highest BCUT2D eigenvalue weighted by atomic mass is 79.9. The van der Waals surface area contributed by atoms with Crippen LogP contribution < -0.4 is 0 Å². The Morgan fingerprint density at radius 1 is 0.864 bits per heavy atom. The Kier molecular flexibility index (Phi) is 14.8. The van der Waals surface area contributed by atoms with Crippen LogP contribution in [-0.2, 0) is 9.59 Å². The number of ketones is 1. The predicted octanol–water partition coefficient (Wildman–Crippen LogP) is 6.01. The maximum atomic E-state index is 11.9. The molecule has 0 fully saturated rings. The van der Waals surface area contributed by atoms with Crippen molar-refractivity contribution in [2.75, 3.05) is 0 Å². The molecule has 1 N–H and O–H groups in total. The van der Waals surface area contributed by atoms with Gasteiger partial charge in [-0.3, -0.25) is 9.59 Å². The highest BCUT2D eigenvalue weighted by Gasteiger charge is 2.05. The number of allylic oxidation sites excluding steroid dienone is 2. The summed E-state index contributed by atoms with van der Waals surface area (Å²) in [5.74, 6) is -0.488. The van der Waals surface area contributed by atoms with Gasteiger partial charge in [0.15, 0.2) is 5.78 Å². The summed E-state index contributed by atoms with van der Waals surface area (Å²) in [6.45, 7) is 2.19. The number of unbranched alkanes of at least 4 members (excludes halogenated alkanes) is 9. The van der Waals surface area contributed by atoms with Crippen molar-refractivity contribution in [2.45, 2.75) is 90.4 Å². The smallest absolute Gasteiger partial charge is 0.303 e. The van der Waals surface area contributed by atoms with E-state index < -0.39 is 5.97 Å². The lowest BCUT2D eigenvalue weighted by atomic mass is 10.1. The summed E-state index contributed by atoms with van der Waals surface area (Å²) in [5, 5.41) is 8.53. The van der Waals surface area contributed by atoms with Gasteiger partial charge in [0.05, 0.1) is 4.48 Å². The second kappa shape index (κ2) is 15.3. The van der Waals surface area contributed by atoms with Gasteiger partial charge in [-0.05, 0) is 41.6 Å². The summed E-state index contributed by atoms with van der Waals surface area (Å²) >= 11 is 3.38. The topological polar surface area (TPSA) is 54.4 Å². The normalized spacial score (nSPS) is 11.6. The van der Waals surface area contributed by atoms with E-state index in [-0.39, 0.29) is 12.2 Å². The number of carbonyl (C=O) groups excluding carboxylic acids is 1. The van der Waals surface area contributed by atoms with Gasteiger partial charge in [0.1, 0.15) is 0 Å². The predicted molar refractivity (Wildman–Crippen MR) is 95.3 cm³/mol. The molecule has 0 aliphatic heterocycles. The lowest BCUT2D eigenvalue weighted by molar-refractivity contribution is -0.137. The molecule has 0 heterocycles. The number of carbonyl (C=O) groups is 2. The van der Waals surface area contributed by atoms with Crippen LogP contribution >= 0.6 is 15.9 Å². The van der Waals surface area contributed by atoms with Gasteiger partial charge in [-0.25, -0.2) is 0 Å². The zero-order valence-corrected chi connectivity index (χ0v) is 15.5. The lowest BCUT2D eigenvalue weighted by Crippen LogP contribution is -1.97. The Bertz CT molecular complexity index is 337. The summed E-state index contributed by atoms with van der Waals surface area (Å²) in [6, 6.07) is 0. The van der Waals surface area contributed by atoms with Crippen molar-refractivity contribution in [1.29, 1.82) is 0 Å². The molecule has 0 unspecified atom stereocenters. The Labute approximate surface area is 143 Å². The molecule has 0 saturated heterocycles. The molecule has 3 nitrogen and oxygen atoms in total. The molecule has 0 aromatic rings. The quantitative estimate of drug-likeness (QED) is 0.282. The first-order valence-electron chi connectivity index (χ1n) is 8.68. The SMILES string of the molecule is CCCCCCCC(=O)/C(Br)=C/CCCCCCCC(=O)O. The van der Waals surface area contributed by atoms with Gasteiger partial charge in [-0.1, -0.05) is 57.9 Å². The molecule has 4 heteroatoms. The van der Waals surface area contributed by atoms with Crippen LogP contribution in [0.5, 0.6) is 0 Å². The Balaban J connectivity index is 3.54. The van der Waals surface area contributed by atoms with Crippen molar-refractivity contribution < 1.29 is 14.7 Å². The van der Waals surface area contributed by atoms with E-state index in [4.69, 9.17) is 5.11 Å². The van der Waals surface area contributed by atoms with Crippen molar-refractivity contribution in [3.05, 3.63) is 10.6 Å². The molecule has 0 aromatic carbocycles. The third kappa shape index (κ3) is 14.3. The Morgan fingerprint density at radius 2 is 1.41 bits per heavy atom. The van der Waals surface area contributed by atoms with Crippen molar-refractivity contribution in [1.82, 2.24) is 0 Å². The van der Waals surface area contributed by atoms with Crippen LogP contribution in [0.2, 0.25) is 0 Å². The van der Waals surface area contributed by atoms with E-state index in [1.165, 1.54) is 19.3 Å². The van der Waals surface area contributed by atoms with Gasteiger partial charge < -0.3 is 5.11 Å². The van der Waals surface area contributed by atoms with Crippen LogP contribution in [0, 0.1) is 0 Å². The second-order valence-electron chi connectivity index (χ2n) is 5.84. The van der Waals surface area contributed by atoms with E-state index >= 15 is 0 Å². The molecule has 0 radical (unpaired) electrons. The third-order valence-electron chi connectivity index (χ3n) is 3.69. The van der Waals surface area contributed by atoms with Gasteiger partial charge in [-0.2, -0.15) is 0 Å². The summed E-state index contributed by atoms with van der Waals surface area (Å²) in [5.41, 5.74) is 0. The molecule has 0 bridgehead atoms. The number of Topliss-reactive ketones (excluding diaryl/α,β-unsaturated/α-hetero) is 1. The minimum Gasteiger partial charge on any atom is -0.481 e. The van der Waals surface area contributed by atoms with Gasteiger partial charge in [0.25, 0.3) is 0 Å². The summed E-state index contributed by atoms with van der Waals surface area (Å²) in [6.07, 6.45) is 14.7. The summed E-state index contributed by atoms with van der Waals surface area (Å²) < 4.78 is 0.730. The van der Waals surface area contributed by atoms with E-state index in [9.17, 15) is 9.59 Å². The van der Waals surface area contributed by atoms with Crippen molar-refractivity contribution in [2.24, 2.45) is 0 Å². The zero-order chi connectivity index (χ0) is 16.6. The maximum absolute atomic E-state index is 11.9. The molecule has 0 aromatic heterocycles. The molecule has 22 heavy (non-hydrogen) atoms. The lowest BCUT2D eigenvalue weighted by Gasteiger charge is -2.01. The van der Waals surface area contributed by atoms with E-state index in [0.29, 0.717) is 6.42 Å². The second-order valence-corrected chi connectivity index (χ2v) is 6.69. The average molecular weight is 375 g/mol. The number of carboxylic acid groups (broad SMARTS) is 1. The van der Waals surface area contributed by atoms with Crippen LogP contribution in [0.25, 0.3) is 0 Å². The highest BCUT2D eigenvalue weighted by Crippen LogP contribution is 2.15. The van der Waals surface area contributed by atoms with Gasteiger partial charge in [-0.15, -0.1) is 0 Å². The van der Waals surface area contributed by atoms with Crippen molar-refractivity contribution in [3.8, 4) is 0 Å². The van der Waals surface area contributed by atoms with Gasteiger partial charge in [0, 0.05) is 12.8 Å². The van der Waals surface area contributed by atoms with Crippen LogP contribution in [0.4, 0.5) is 0 Å². The van der Waals surface area contributed by atoms with Gasteiger partial charge >= 0.3 is 5.97 Å². The summed E-state index contributed by atoms with van der Waals surface area (Å²) in [7, 11) is 0. The molecular weight excluding hydrogens is 344 g/mol. The Morgan fingerprint density at radius 3 is 2.05 bits per heavy atom. The third-order valence-corrected chi connectivity index (χ3v) is 4.46. The Hall–Kier alpha value is -0.640. The van der Waals surface area contributed by atoms with Crippen LogP contribution in [-0.4, -0.2) is 16.9 Å². The molecule has 0 aliphatic rings. The van der Waals surface area contributed by atoms with Gasteiger partial charge in [0.2, 0.25) is 0 Å². The van der Waals surface area contributed by atoms with Crippen molar-refractivity contribution >= 4 is 27.7 Å². The number of hydrogen-bond acceptors (Lipinski definition) is 2. The number of rotatable bonds is 15. The largest absolute Gasteiger partial charge is 0.481 e. The number of halogens is 1. The fourth-order valence-electron chi connectivity index (χ4n) is 2.30. The first kappa shape index (κ1) is 21.4. The standard InChI is InChI=1S/C18H31BrO3/c1-2-3-4-7-11-14-17(20)16(19)13-10-8-5-6-9-12-15-18(21)22/h13H,2-12,14-15H2,1H3,(H,21,22)/b16-13-. The minimum atomic E-state index is -0.708. The fraction of sp³-hybridized carbons (Fsp3) is 0.778.